The Balaban J connectivity index is 2.15. The number of nitrogens with two attached hydrogens (primary N) is 1. The van der Waals surface area contributed by atoms with Crippen molar-refractivity contribution in [3.63, 3.8) is 0 Å². The first-order valence-electron chi connectivity index (χ1n) is 6.38. The van der Waals surface area contributed by atoms with Crippen molar-refractivity contribution in [2.75, 3.05) is 0 Å². The van der Waals surface area contributed by atoms with E-state index in [1.54, 1.807) is 0 Å². The zero-order valence-corrected chi connectivity index (χ0v) is 10.5. The smallest absolute Gasteiger partial charge is 0.116 e. The zero-order chi connectivity index (χ0) is 12.0. The van der Waals surface area contributed by atoms with Crippen LogP contribution in [0.25, 0.3) is 5.52 Å². The first-order valence-corrected chi connectivity index (χ1v) is 6.38. The van der Waals surface area contributed by atoms with Gasteiger partial charge in [0.1, 0.15) is 5.82 Å². The molecule has 1 saturated carbocycles. The van der Waals surface area contributed by atoms with Gasteiger partial charge in [0.2, 0.25) is 0 Å². The first kappa shape index (κ1) is 10.8. The Morgan fingerprint density at radius 1 is 1.47 bits per heavy atom. The van der Waals surface area contributed by atoms with Gasteiger partial charge in [0.25, 0.3) is 0 Å². The van der Waals surface area contributed by atoms with E-state index in [1.807, 2.05) is 6.92 Å². The second kappa shape index (κ2) is 3.84. The largest absolute Gasteiger partial charge is 0.328 e. The molecule has 2 heterocycles. The van der Waals surface area contributed by atoms with E-state index < -0.39 is 0 Å². The van der Waals surface area contributed by atoms with Crippen molar-refractivity contribution in [3.05, 3.63) is 35.4 Å². The summed E-state index contributed by atoms with van der Waals surface area (Å²) in [4.78, 5) is 4.82. The van der Waals surface area contributed by atoms with Crippen molar-refractivity contribution < 1.29 is 0 Å². The van der Waals surface area contributed by atoms with Crippen molar-refractivity contribution in [1.82, 2.24) is 9.38 Å². The maximum atomic E-state index is 5.90. The number of hydrogen-bond acceptors (Lipinski definition) is 2. The number of pyridine rings is 1. The minimum absolute atomic E-state index is 0.169. The van der Waals surface area contributed by atoms with E-state index >= 15 is 0 Å². The highest BCUT2D eigenvalue weighted by Crippen LogP contribution is 2.40. The van der Waals surface area contributed by atoms with E-state index in [2.05, 4.69) is 29.7 Å². The molecule has 2 aromatic heterocycles. The normalized spacial score (nSPS) is 17.6. The van der Waals surface area contributed by atoms with Crippen LogP contribution >= 0.6 is 0 Å². The minimum atomic E-state index is 0.169. The highest BCUT2D eigenvalue weighted by Gasteiger charge is 2.29. The predicted molar refractivity (Wildman–Crippen MR) is 69.3 cm³/mol. The van der Waals surface area contributed by atoms with Crippen LogP contribution in [0.4, 0.5) is 0 Å². The monoisotopic (exact) mass is 229 g/mol. The number of nitrogens with zero attached hydrogens (tertiary/aromatic N) is 2. The van der Waals surface area contributed by atoms with Crippen LogP contribution in [-0.2, 0) is 6.42 Å². The molecule has 0 aliphatic heterocycles. The molecule has 1 atom stereocenters. The minimum Gasteiger partial charge on any atom is -0.328 e. The quantitative estimate of drug-likeness (QED) is 0.878. The number of fused-ring (bicyclic) bond motifs is 1. The van der Waals surface area contributed by atoms with Gasteiger partial charge in [-0.2, -0.15) is 0 Å². The Bertz CT molecular complexity index is 550. The van der Waals surface area contributed by atoms with Gasteiger partial charge in [-0.05, 0) is 38.3 Å². The van der Waals surface area contributed by atoms with Crippen molar-refractivity contribution in [2.24, 2.45) is 5.73 Å². The fraction of sp³-hybridized carbons (Fsp3) is 0.500. The van der Waals surface area contributed by atoms with Gasteiger partial charge in [0.15, 0.2) is 0 Å². The molecule has 2 N–H and O–H groups in total. The number of imidazole rings is 1. The SMILES string of the molecule is Cc1ccc2c(CC(C)N)nc(C3CC3)n2c1. The highest BCUT2D eigenvalue weighted by atomic mass is 15.0. The molecule has 0 bridgehead atoms. The van der Waals surface area contributed by atoms with E-state index in [4.69, 9.17) is 10.7 Å². The second-order valence-corrected chi connectivity index (χ2v) is 5.33. The van der Waals surface area contributed by atoms with Gasteiger partial charge in [0.05, 0.1) is 11.2 Å². The topological polar surface area (TPSA) is 43.3 Å². The van der Waals surface area contributed by atoms with Crippen LogP contribution in [0.1, 0.15) is 42.8 Å². The van der Waals surface area contributed by atoms with Crippen LogP contribution in [0.15, 0.2) is 18.3 Å². The molecule has 0 aromatic carbocycles. The van der Waals surface area contributed by atoms with Gasteiger partial charge in [-0.25, -0.2) is 4.98 Å². The summed E-state index contributed by atoms with van der Waals surface area (Å²) in [6, 6.07) is 4.49. The lowest BCUT2D eigenvalue weighted by molar-refractivity contribution is 0.726. The van der Waals surface area contributed by atoms with Crippen molar-refractivity contribution in [3.8, 4) is 0 Å². The summed E-state index contributed by atoms with van der Waals surface area (Å²) in [5.41, 5.74) is 9.56. The predicted octanol–water partition coefficient (Wildman–Crippen LogP) is 2.41. The molecule has 1 unspecified atom stereocenters. The van der Waals surface area contributed by atoms with Crippen LogP contribution in [0.3, 0.4) is 0 Å². The number of hydrogen-bond donors (Lipinski definition) is 1. The molecule has 17 heavy (non-hydrogen) atoms. The van der Waals surface area contributed by atoms with E-state index in [9.17, 15) is 0 Å². The molecule has 3 nitrogen and oxygen atoms in total. The van der Waals surface area contributed by atoms with Crippen LogP contribution in [0.2, 0.25) is 0 Å². The van der Waals surface area contributed by atoms with Crippen molar-refractivity contribution >= 4 is 5.52 Å². The summed E-state index contributed by atoms with van der Waals surface area (Å²) in [6.45, 7) is 4.16. The first-order chi connectivity index (χ1) is 8.15. The average molecular weight is 229 g/mol. The molecule has 90 valence electrons. The Morgan fingerprint density at radius 3 is 2.88 bits per heavy atom. The number of aromatic nitrogens is 2. The van der Waals surface area contributed by atoms with Crippen LogP contribution in [0, 0.1) is 6.92 Å². The zero-order valence-electron chi connectivity index (χ0n) is 10.5. The molecular formula is C14H19N3. The molecule has 3 rings (SSSR count). The fourth-order valence-corrected chi connectivity index (χ4v) is 2.37. The lowest BCUT2D eigenvalue weighted by atomic mass is 10.1. The van der Waals surface area contributed by atoms with Crippen LogP contribution < -0.4 is 5.73 Å². The Morgan fingerprint density at radius 2 is 2.24 bits per heavy atom. The van der Waals surface area contributed by atoms with E-state index in [-0.39, 0.29) is 6.04 Å². The Labute approximate surface area is 102 Å². The molecule has 0 amide bonds. The molecule has 0 saturated heterocycles. The lowest BCUT2D eigenvalue weighted by Gasteiger charge is -2.03. The third-order valence-corrected chi connectivity index (χ3v) is 3.35. The fourth-order valence-electron chi connectivity index (χ4n) is 2.37. The number of rotatable bonds is 3. The highest BCUT2D eigenvalue weighted by molar-refractivity contribution is 5.55. The molecule has 1 fully saturated rings. The summed E-state index contributed by atoms with van der Waals surface area (Å²) in [7, 11) is 0. The summed E-state index contributed by atoms with van der Waals surface area (Å²) < 4.78 is 2.27. The molecular weight excluding hydrogens is 210 g/mol. The summed E-state index contributed by atoms with van der Waals surface area (Å²) in [5.74, 6) is 1.91. The Hall–Kier alpha value is -1.35. The van der Waals surface area contributed by atoms with Gasteiger partial charge in [-0.1, -0.05) is 6.07 Å². The van der Waals surface area contributed by atoms with Crippen molar-refractivity contribution in [2.45, 2.75) is 45.1 Å². The van der Waals surface area contributed by atoms with Gasteiger partial charge in [-0.15, -0.1) is 0 Å². The summed E-state index contributed by atoms with van der Waals surface area (Å²) in [6.07, 6.45) is 5.62. The molecule has 3 heteroatoms. The van der Waals surface area contributed by atoms with E-state index in [1.165, 1.54) is 29.7 Å². The van der Waals surface area contributed by atoms with Gasteiger partial charge < -0.3 is 10.1 Å². The maximum absolute atomic E-state index is 5.90. The van der Waals surface area contributed by atoms with Gasteiger partial charge in [-0.3, -0.25) is 0 Å². The van der Waals surface area contributed by atoms with Crippen molar-refractivity contribution in [1.29, 1.82) is 0 Å². The average Bonchev–Trinajstić information content (AvgIpc) is 3.03. The van der Waals surface area contributed by atoms with Crippen LogP contribution in [-0.4, -0.2) is 15.4 Å². The third kappa shape index (κ3) is 1.95. The molecule has 0 radical (unpaired) electrons. The second-order valence-electron chi connectivity index (χ2n) is 5.33. The summed E-state index contributed by atoms with van der Waals surface area (Å²) in [5, 5.41) is 0. The molecule has 0 spiro atoms. The maximum Gasteiger partial charge on any atom is 0.116 e. The molecule has 1 aliphatic rings. The lowest BCUT2D eigenvalue weighted by Crippen LogP contribution is -2.18. The van der Waals surface area contributed by atoms with E-state index in [0.717, 1.165) is 12.1 Å². The molecule has 2 aromatic rings. The third-order valence-electron chi connectivity index (χ3n) is 3.35. The van der Waals surface area contributed by atoms with Gasteiger partial charge >= 0.3 is 0 Å². The molecule has 1 aliphatic carbocycles. The Kier molecular flexibility index (Phi) is 2.44. The van der Waals surface area contributed by atoms with Crippen LogP contribution in [0.5, 0.6) is 0 Å². The number of aryl methyl sites for hydroxylation is 1. The standard InChI is InChI=1S/C14H19N3/c1-9-3-6-13-12(7-10(2)15)16-14(11-4-5-11)17(13)8-9/h3,6,8,10-11H,4-5,7,15H2,1-2H3. The summed E-state index contributed by atoms with van der Waals surface area (Å²) >= 11 is 0. The van der Waals surface area contributed by atoms with Gasteiger partial charge in [0, 0.05) is 24.6 Å². The van der Waals surface area contributed by atoms with E-state index in [0.29, 0.717) is 5.92 Å².